The Bertz CT molecular complexity index is 718. The van der Waals surface area contributed by atoms with E-state index in [0.717, 1.165) is 5.56 Å². The molecule has 2 aromatic rings. The van der Waals surface area contributed by atoms with Gasteiger partial charge in [0, 0.05) is 11.6 Å². The zero-order valence-corrected chi connectivity index (χ0v) is 15.6. The number of hydrogen-bond acceptors (Lipinski definition) is 4. The molecule has 0 saturated carbocycles. The van der Waals surface area contributed by atoms with E-state index in [1.807, 2.05) is 30.3 Å². The van der Waals surface area contributed by atoms with Crippen LogP contribution < -0.4 is 4.74 Å². The summed E-state index contributed by atoms with van der Waals surface area (Å²) in [4.78, 5) is 26.3. The topological polar surface area (TPSA) is 55.8 Å². The van der Waals surface area contributed by atoms with Crippen molar-refractivity contribution >= 4 is 23.5 Å². The van der Waals surface area contributed by atoms with Crippen molar-refractivity contribution in [3.63, 3.8) is 0 Å². The summed E-state index contributed by atoms with van der Waals surface area (Å²) in [5, 5.41) is 0.588. The minimum atomic E-state index is -0.712. The number of amides is 1. The third-order valence-corrected chi connectivity index (χ3v) is 4.04. The third-order valence-electron chi connectivity index (χ3n) is 3.79. The summed E-state index contributed by atoms with van der Waals surface area (Å²) in [7, 11) is 0. The van der Waals surface area contributed by atoms with E-state index in [1.54, 1.807) is 38.1 Å². The Balaban J connectivity index is 2.09. The van der Waals surface area contributed by atoms with Gasteiger partial charge in [-0.05, 0) is 43.7 Å². The fourth-order valence-electron chi connectivity index (χ4n) is 2.37. The highest BCUT2D eigenvalue weighted by molar-refractivity contribution is 6.30. The monoisotopic (exact) mass is 375 g/mol. The first-order valence-electron chi connectivity index (χ1n) is 8.39. The highest BCUT2D eigenvalue weighted by atomic mass is 35.5. The Labute approximate surface area is 158 Å². The van der Waals surface area contributed by atoms with Crippen molar-refractivity contribution in [1.29, 1.82) is 0 Å². The lowest BCUT2D eigenvalue weighted by atomic mass is 10.2. The maximum atomic E-state index is 12.7. The van der Waals surface area contributed by atoms with Crippen LogP contribution in [0.5, 0.6) is 5.75 Å². The molecule has 1 atom stereocenters. The van der Waals surface area contributed by atoms with Crippen LogP contribution in [0, 0.1) is 0 Å². The molecule has 0 radical (unpaired) electrons. The van der Waals surface area contributed by atoms with Gasteiger partial charge in [0.15, 0.2) is 6.61 Å². The van der Waals surface area contributed by atoms with Gasteiger partial charge in [0.1, 0.15) is 11.8 Å². The van der Waals surface area contributed by atoms with E-state index in [1.165, 1.54) is 4.90 Å². The summed E-state index contributed by atoms with van der Waals surface area (Å²) in [5.74, 6) is -0.209. The maximum absolute atomic E-state index is 12.7. The van der Waals surface area contributed by atoms with Crippen molar-refractivity contribution < 1.29 is 19.1 Å². The van der Waals surface area contributed by atoms with Crippen LogP contribution in [0.1, 0.15) is 19.4 Å². The van der Waals surface area contributed by atoms with E-state index < -0.39 is 12.0 Å². The highest BCUT2D eigenvalue weighted by Crippen LogP contribution is 2.16. The average Bonchev–Trinajstić information content (AvgIpc) is 2.66. The van der Waals surface area contributed by atoms with E-state index in [9.17, 15) is 9.59 Å². The molecule has 1 amide bonds. The Morgan fingerprint density at radius 3 is 2.35 bits per heavy atom. The molecule has 26 heavy (non-hydrogen) atoms. The standard InChI is InChI=1S/C20H22ClNO4/c1-3-25-20(24)15(2)22(13-16-7-5-4-6-8-16)19(23)14-26-18-11-9-17(21)10-12-18/h4-12,15H,3,13-14H2,1-2H3. The number of rotatable bonds is 8. The molecule has 1 unspecified atom stereocenters. The van der Waals surface area contributed by atoms with E-state index >= 15 is 0 Å². The summed E-state index contributed by atoms with van der Waals surface area (Å²) in [6.45, 7) is 3.76. The van der Waals surface area contributed by atoms with Gasteiger partial charge in [-0.15, -0.1) is 0 Å². The zero-order chi connectivity index (χ0) is 18.9. The van der Waals surface area contributed by atoms with Gasteiger partial charge < -0.3 is 14.4 Å². The molecule has 5 nitrogen and oxygen atoms in total. The molecule has 0 heterocycles. The van der Waals surface area contributed by atoms with Crippen molar-refractivity contribution in [1.82, 2.24) is 4.90 Å². The van der Waals surface area contributed by atoms with E-state index in [0.29, 0.717) is 17.3 Å². The summed E-state index contributed by atoms with van der Waals surface area (Å²) in [6, 6.07) is 15.5. The fourth-order valence-corrected chi connectivity index (χ4v) is 2.50. The Kier molecular flexibility index (Phi) is 7.48. The molecule has 0 N–H and O–H groups in total. The molecular formula is C20H22ClNO4. The molecule has 0 aliphatic heterocycles. The predicted octanol–water partition coefficient (Wildman–Crippen LogP) is 3.70. The molecular weight excluding hydrogens is 354 g/mol. The number of halogens is 1. The Morgan fingerprint density at radius 2 is 1.73 bits per heavy atom. The normalized spacial score (nSPS) is 11.5. The lowest BCUT2D eigenvalue weighted by Gasteiger charge is -2.28. The number of hydrogen-bond donors (Lipinski definition) is 0. The molecule has 6 heteroatoms. The number of benzene rings is 2. The minimum absolute atomic E-state index is 0.182. The maximum Gasteiger partial charge on any atom is 0.328 e. The van der Waals surface area contributed by atoms with E-state index in [4.69, 9.17) is 21.1 Å². The van der Waals surface area contributed by atoms with Crippen LogP contribution in [0.25, 0.3) is 0 Å². The van der Waals surface area contributed by atoms with Gasteiger partial charge in [-0.1, -0.05) is 41.9 Å². The number of carbonyl (C=O) groups excluding carboxylic acids is 2. The average molecular weight is 376 g/mol. The molecule has 0 spiro atoms. The fraction of sp³-hybridized carbons (Fsp3) is 0.300. The molecule has 138 valence electrons. The lowest BCUT2D eigenvalue weighted by Crippen LogP contribution is -2.45. The number of carbonyl (C=O) groups is 2. The van der Waals surface area contributed by atoms with Crippen LogP contribution in [-0.4, -0.2) is 36.0 Å². The van der Waals surface area contributed by atoms with Gasteiger partial charge in [0.2, 0.25) is 0 Å². The molecule has 0 bridgehead atoms. The van der Waals surface area contributed by atoms with Crippen molar-refractivity contribution in [2.45, 2.75) is 26.4 Å². The van der Waals surface area contributed by atoms with Gasteiger partial charge in [-0.25, -0.2) is 4.79 Å². The number of ether oxygens (including phenoxy) is 2. The number of nitrogens with zero attached hydrogens (tertiary/aromatic N) is 1. The van der Waals surface area contributed by atoms with E-state index in [-0.39, 0.29) is 19.1 Å². The molecule has 0 fully saturated rings. The Morgan fingerprint density at radius 1 is 1.08 bits per heavy atom. The second kappa shape index (κ2) is 9.82. The summed E-state index contributed by atoms with van der Waals surface area (Å²) in [5.41, 5.74) is 0.920. The molecule has 0 aromatic heterocycles. The van der Waals surface area contributed by atoms with Crippen LogP contribution in [0.15, 0.2) is 54.6 Å². The first kappa shape index (κ1) is 19.8. The minimum Gasteiger partial charge on any atom is -0.484 e. The predicted molar refractivity (Wildman–Crippen MR) is 100 cm³/mol. The van der Waals surface area contributed by atoms with Crippen LogP contribution in [-0.2, 0) is 20.9 Å². The second-order valence-electron chi connectivity index (χ2n) is 5.68. The third kappa shape index (κ3) is 5.77. The van der Waals surface area contributed by atoms with Crippen molar-refractivity contribution in [2.75, 3.05) is 13.2 Å². The summed E-state index contributed by atoms with van der Waals surface area (Å²) in [6.07, 6.45) is 0. The summed E-state index contributed by atoms with van der Waals surface area (Å²) >= 11 is 5.84. The van der Waals surface area contributed by atoms with Gasteiger partial charge >= 0.3 is 5.97 Å². The summed E-state index contributed by atoms with van der Waals surface area (Å²) < 4.78 is 10.6. The Hall–Kier alpha value is -2.53. The zero-order valence-electron chi connectivity index (χ0n) is 14.9. The van der Waals surface area contributed by atoms with Crippen LogP contribution in [0.4, 0.5) is 0 Å². The SMILES string of the molecule is CCOC(=O)C(C)N(Cc1ccccc1)C(=O)COc1ccc(Cl)cc1. The van der Waals surface area contributed by atoms with E-state index in [2.05, 4.69) is 0 Å². The molecule has 0 saturated heterocycles. The molecule has 0 aliphatic rings. The van der Waals surface area contributed by atoms with Crippen molar-refractivity contribution in [3.05, 3.63) is 65.2 Å². The van der Waals surface area contributed by atoms with Crippen LogP contribution in [0.3, 0.4) is 0 Å². The first-order chi connectivity index (χ1) is 12.5. The second-order valence-corrected chi connectivity index (χ2v) is 6.11. The van der Waals surface area contributed by atoms with Crippen molar-refractivity contribution in [2.24, 2.45) is 0 Å². The van der Waals surface area contributed by atoms with Crippen LogP contribution in [0.2, 0.25) is 5.02 Å². The van der Waals surface area contributed by atoms with Crippen molar-refractivity contribution in [3.8, 4) is 5.75 Å². The van der Waals surface area contributed by atoms with Crippen LogP contribution >= 0.6 is 11.6 Å². The van der Waals surface area contributed by atoms with Gasteiger partial charge in [0.05, 0.1) is 6.61 Å². The number of esters is 1. The largest absolute Gasteiger partial charge is 0.484 e. The van der Waals surface area contributed by atoms with Gasteiger partial charge in [-0.3, -0.25) is 4.79 Å². The molecule has 2 aromatic carbocycles. The highest BCUT2D eigenvalue weighted by Gasteiger charge is 2.27. The molecule has 2 rings (SSSR count). The van der Waals surface area contributed by atoms with Gasteiger partial charge in [0.25, 0.3) is 5.91 Å². The lowest BCUT2D eigenvalue weighted by molar-refractivity contribution is -0.155. The smallest absolute Gasteiger partial charge is 0.328 e. The first-order valence-corrected chi connectivity index (χ1v) is 8.77. The van der Waals surface area contributed by atoms with Gasteiger partial charge in [-0.2, -0.15) is 0 Å². The molecule has 0 aliphatic carbocycles. The quantitative estimate of drug-likeness (QED) is 0.660.